The molecule has 1 amide bonds. The molecule has 1 aliphatic rings. The summed E-state index contributed by atoms with van der Waals surface area (Å²) in [5.74, 6) is 1.80. The molecule has 2 heterocycles. The van der Waals surface area contributed by atoms with E-state index in [1.165, 1.54) is 0 Å². The summed E-state index contributed by atoms with van der Waals surface area (Å²) in [7, 11) is 0. The Kier molecular flexibility index (Phi) is 2.89. The number of hydrogen-bond acceptors (Lipinski definition) is 3. The lowest BCUT2D eigenvalue weighted by Gasteiger charge is -2.02. The zero-order chi connectivity index (χ0) is 13.4. The molecule has 3 rings (SSSR count). The highest BCUT2D eigenvalue weighted by Crippen LogP contribution is 2.48. The van der Waals surface area contributed by atoms with Crippen LogP contribution in [0, 0.1) is 12.8 Å². The smallest absolute Gasteiger partial charge is 0.229 e. The lowest BCUT2D eigenvalue weighted by Crippen LogP contribution is -2.15. The standard InChI is InChI=1S/C14H17N3O2/c1-3-11-8(2)13(17-16-11)15-14(18)10-7-9(10)12-5-4-6-19-12/h4-6,9-10H,3,7H2,1-2H3,(H2,15,16,17,18). The molecule has 2 N–H and O–H groups in total. The molecule has 1 aliphatic carbocycles. The molecular weight excluding hydrogens is 242 g/mol. The molecule has 2 aromatic heterocycles. The van der Waals surface area contributed by atoms with E-state index in [4.69, 9.17) is 4.42 Å². The van der Waals surface area contributed by atoms with E-state index in [1.54, 1.807) is 6.26 Å². The molecule has 100 valence electrons. The van der Waals surface area contributed by atoms with Gasteiger partial charge in [-0.25, -0.2) is 0 Å². The van der Waals surface area contributed by atoms with Gasteiger partial charge in [0.1, 0.15) is 5.76 Å². The van der Waals surface area contributed by atoms with Gasteiger partial charge in [-0.3, -0.25) is 9.89 Å². The number of aromatic nitrogens is 2. The van der Waals surface area contributed by atoms with Crippen LogP contribution in [0.25, 0.3) is 0 Å². The maximum absolute atomic E-state index is 12.1. The minimum atomic E-state index is 0.00678. The molecule has 19 heavy (non-hydrogen) atoms. The summed E-state index contributed by atoms with van der Waals surface area (Å²) < 4.78 is 5.33. The van der Waals surface area contributed by atoms with Crippen molar-refractivity contribution in [3.63, 3.8) is 0 Å². The van der Waals surface area contributed by atoms with Gasteiger partial charge in [0, 0.05) is 23.1 Å². The van der Waals surface area contributed by atoms with E-state index in [0.29, 0.717) is 5.82 Å². The SMILES string of the molecule is CCc1[nH]nc(NC(=O)C2CC2c2ccco2)c1C. The largest absolute Gasteiger partial charge is 0.469 e. The van der Waals surface area contributed by atoms with E-state index in [9.17, 15) is 4.79 Å². The van der Waals surface area contributed by atoms with Crippen LogP contribution in [0.1, 0.15) is 36.3 Å². The molecule has 0 aromatic carbocycles. The Morgan fingerprint density at radius 1 is 1.63 bits per heavy atom. The third-order valence-electron chi connectivity index (χ3n) is 3.74. The topological polar surface area (TPSA) is 70.9 Å². The maximum Gasteiger partial charge on any atom is 0.229 e. The molecule has 1 fully saturated rings. The van der Waals surface area contributed by atoms with Crippen LogP contribution in [0.3, 0.4) is 0 Å². The number of amides is 1. The molecule has 0 saturated heterocycles. The fraction of sp³-hybridized carbons (Fsp3) is 0.429. The number of aromatic amines is 1. The van der Waals surface area contributed by atoms with Gasteiger partial charge in [-0.1, -0.05) is 6.92 Å². The van der Waals surface area contributed by atoms with Crippen molar-refractivity contribution >= 4 is 11.7 Å². The van der Waals surface area contributed by atoms with Gasteiger partial charge < -0.3 is 9.73 Å². The molecule has 0 bridgehead atoms. The number of rotatable bonds is 4. The summed E-state index contributed by atoms with van der Waals surface area (Å²) in [6, 6.07) is 3.78. The highest BCUT2D eigenvalue weighted by Gasteiger charge is 2.46. The molecule has 0 aliphatic heterocycles. The number of nitrogens with zero attached hydrogens (tertiary/aromatic N) is 1. The van der Waals surface area contributed by atoms with Crippen LogP contribution in [0.15, 0.2) is 22.8 Å². The maximum atomic E-state index is 12.1. The Bertz CT molecular complexity index is 586. The van der Waals surface area contributed by atoms with Crippen molar-refractivity contribution in [3.8, 4) is 0 Å². The van der Waals surface area contributed by atoms with Gasteiger partial charge in [0.15, 0.2) is 5.82 Å². The fourth-order valence-electron chi connectivity index (χ4n) is 2.41. The zero-order valence-corrected chi connectivity index (χ0v) is 11.1. The predicted molar refractivity (Wildman–Crippen MR) is 70.9 cm³/mol. The van der Waals surface area contributed by atoms with Crippen molar-refractivity contribution in [2.45, 2.75) is 32.6 Å². The summed E-state index contributed by atoms with van der Waals surface area (Å²) in [5.41, 5.74) is 2.08. The van der Waals surface area contributed by atoms with Crippen molar-refractivity contribution in [2.75, 3.05) is 5.32 Å². The number of H-pyrrole nitrogens is 1. The first-order valence-electron chi connectivity index (χ1n) is 6.58. The first-order chi connectivity index (χ1) is 9.20. The number of furan rings is 1. The molecule has 5 heteroatoms. The lowest BCUT2D eigenvalue weighted by molar-refractivity contribution is -0.117. The summed E-state index contributed by atoms with van der Waals surface area (Å²) in [6.07, 6.45) is 3.38. The summed E-state index contributed by atoms with van der Waals surface area (Å²) in [6.45, 7) is 4.02. The molecular formula is C14H17N3O2. The van der Waals surface area contributed by atoms with Crippen LogP contribution < -0.4 is 5.32 Å². The van der Waals surface area contributed by atoms with Crippen LogP contribution in [0.4, 0.5) is 5.82 Å². The first kappa shape index (κ1) is 12.0. The van der Waals surface area contributed by atoms with E-state index < -0.39 is 0 Å². The monoisotopic (exact) mass is 259 g/mol. The Morgan fingerprint density at radius 3 is 3.11 bits per heavy atom. The fourth-order valence-corrected chi connectivity index (χ4v) is 2.41. The molecule has 5 nitrogen and oxygen atoms in total. The van der Waals surface area contributed by atoms with Crippen molar-refractivity contribution in [1.29, 1.82) is 0 Å². The Labute approximate surface area is 111 Å². The quantitative estimate of drug-likeness (QED) is 0.886. The normalized spacial score (nSPS) is 21.4. The molecule has 1 saturated carbocycles. The second kappa shape index (κ2) is 4.57. The van der Waals surface area contributed by atoms with E-state index >= 15 is 0 Å². The number of anilines is 1. The highest BCUT2D eigenvalue weighted by molar-refractivity contribution is 5.95. The number of carbonyl (C=O) groups is 1. The second-order valence-corrected chi connectivity index (χ2v) is 4.98. The third kappa shape index (κ3) is 2.16. The van der Waals surface area contributed by atoms with Gasteiger partial charge in [0.05, 0.1) is 6.26 Å². The summed E-state index contributed by atoms with van der Waals surface area (Å²) in [5, 5.41) is 9.98. The Balaban J connectivity index is 1.65. The molecule has 0 radical (unpaired) electrons. The summed E-state index contributed by atoms with van der Waals surface area (Å²) >= 11 is 0. The van der Waals surface area contributed by atoms with Crippen LogP contribution >= 0.6 is 0 Å². The van der Waals surface area contributed by atoms with Gasteiger partial charge in [-0.05, 0) is 31.9 Å². The average molecular weight is 259 g/mol. The van der Waals surface area contributed by atoms with E-state index in [0.717, 1.165) is 29.9 Å². The molecule has 2 unspecified atom stereocenters. The minimum absolute atomic E-state index is 0.00678. The number of carbonyl (C=O) groups excluding carboxylic acids is 1. The molecule has 2 atom stereocenters. The predicted octanol–water partition coefficient (Wildman–Crippen LogP) is 2.62. The van der Waals surface area contributed by atoms with Crippen LogP contribution in [-0.4, -0.2) is 16.1 Å². The average Bonchev–Trinajstić information content (AvgIpc) is 2.87. The van der Waals surface area contributed by atoms with Crippen molar-refractivity contribution in [1.82, 2.24) is 10.2 Å². The van der Waals surface area contributed by atoms with Gasteiger partial charge in [-0.15, -0.1) is 0 Å². The number of hydrogen-bond donors (Lipinski definition) is 2. The first-order valence-corrected chi connectivity index (χ1v) is 6.58. The lowest BCUT2D eigenvalue weighted by atomic mass is 10.2. The second-order valence-electron chi connectivity index (χ2n) is 4.98. The molecule has 2 aromatic rings. The van der Waals surface area contributed by atoms with Crippen LogP contribution in [-0.2, 0) is 11.2 Å². The molecule has 0 spiro atoms. The van der Waals surface area contributed by atoms with E-state index in [-0.39, 0.29) is 17.7 Å². The van der Waals surface area contributed by atoms with Gasteiger partial charge in [0.25, 0.3) is 0 Å². The Hall–Kier alpha value is -2.04. The number of nitrogens with one attached hydrogen (secondary N) is 2. The van der Waals surface area contributed by atoms with E-state index in [1.807, 2.05) is 19.1 Å². The zero-order valence-electron chi connectivity index (χ0n) is 11.1. The van der Waals surface area contributed by atoms with Crippen LogP contribution in [0.2, 0.25) is 0 Å². The van der Waals surface area contributed by atoms with Gasteiger partial charge in [-0.2, -0.15) is 5.10 Å². The van der Waals surface area contributed by atoms with Gasteiger partial charge >= 0.3 is 0 Å². The van der Waals surface area contributed by atoms with Crippen molar-refractivity contribution < 1.29 is 9.21 Å². The minimum Gasteiger partial charge on any atom is -0.469 e. The highest BCUT2D eigenvalue weighted by atomic mass is 16.3. The van der Waals surface area contributed by atoms with E-state index in [2.05, 4.69) is 22.4 Å². The van der Waals surface area contributed by atoms with Crippen LogP contribution in [0.5, 0.6) is 0 Å². The van der Waals surface area contributed by atoms with Crippen molar-refractivity contribution in [3.05, 3.63) is 35.4 Å². The van der Waals surface area contributed by atoms with Gasteiger partial charge in [0.2, 0.25) is 5.91 Å². The van der Waals surface area contributed by atoms with Crippen molar-refractivity contribution in [2.24, 2.45) is 5.92 Å². The Morgan fingerprint density at radius 2 is 2.47 bits per heavy atom. The number of aryl methyl sites for hydroxylation is 1. The summed E-state index contributed by atoms with van der Waals surface area (Å²) in [4.78, 5) is 12.1. The third-order valence-corrected chi connectivity index (χ3v) is 3.74.